The number of thioether (sulfide) groups is 1. The van der Waals surface area contributed by atoms with Crippen LogP contribution >= 0.6 is 34.7 Å². The third-order valence-electron chi connectivity index (χ3n) is 5.51. The summed E-state index contributed by atoms with van der Waals surface area (Å²) in [5.41, 5.74) is 1.98. The van der Waals surface area contributed by atoms with E-state index in [1.165, 1.54) is 22.2 Å². The Morgan fingerprint density at radius 1 is 1.06 bits per heavy atom. The minimum Gasteiger partial charge on any atom is -0.494 e. The van der Waals surface area contributed by atoms with Crippen LogP contribution in [0.15, 0.2) is 58.5 Å². The van der Waals surface area contributed by atoms with Crippen LogP contribution in [0.4, 0.5) is 0 Å². The van der Waals surface area contributed by atoms with Gasteiger partial charge in [0.15, 0.2) is 5.16 Å². The second-order valence-corrected chi connectivity index (χ2v) is 10.2. The van der Waals surface area contributed by atoms with Crippen molar-refractivity contribution < 1.29 is 9.47 Å². The lowest BCUT2D eigenvalue weighted by atomic mass is 10.2. The van der Waals surface area contributed by atoms with E-state index in [1.807, 2.05) is 43.3 Å². The number of fused-ring (bicyclic) bond motifs is 3. The van der Waals surface area contributed by atoms with Crippen molar-refractivity contribution in [2.75, 3.05) is 19.0 Å². The molecular formula is C25H23ClN2O3S2. The first-order valence-corrected chi connectivity index (χ1v) is 13.1. The van der Waals surface area contributed by atoms with Crippen molar-refractivity contribution >= 4 is 44.9 Å². The Kier molecular flexibility index (Phi) is 6.62. The summed E-state index contributed by atoms with van der Waals surface area (Å²) in [6.07, 6.45) is 3.10. The Hall–Kier alpha value is -2.48. The van der Waals surface area contributed by atoms with Gasteiger partial charge in [0, 0.05) is 15.7 Å². The number of thiophene rings is 1. The molecule has 0 saturated carbocycles. The fraction of sp³-hybridized carbons (Fsp3) is 0.280. The summed E-state index contributed by atoms with van der Waals surface area (Å²) in [6.45, 7) is 3.04. The maximum Gasteiger partial charge on any atom is 0.267 e. The van der Waals surface area contributed by atoms with E-state index in [4.69, 9.17) is 26.1 Å². The van der Waals surface area contributed by atoms with Crippen molar-refractivity contribution in [3.63, 3.8) is 0 Å². The van der Waals surface area contributed by atoms with Crippen LogP contribution in [0.3, 0.4) is 0 Å². The summed E-state index contributed by atoms with van der Waals surface area (Å²) >= 11 is 9.13. The van der Waals surface area contributed by atoms with E-state index in [0.717, 1.165) is 46.7 Å². The first-order chi connectivity index (χ1) is 16.1. The number of hydrogen-bond donors (Lipinski definition) is 0. The molecule has 8 heteroatoms. The Labute approximate surface area is 205 Å². The molecule has 0 N–H and O–H groups in total. The highest BCUT2D eigenvalue weighted by Gasteiger charge is 2.24. The van der Waals surface area contributed by atoms with Crippen LogP contribution in [0.25, 0.3) is 15.9 Å². The summed E-state index contributed by atoms with van der Waals surface area (Å²) in [6, 6.07) is 14.9. The largest absolute Gasteiger partial charge is 0.494 e. The van der Waals surface area contributed by atoms with Crippen molar-refractivity contribution in [1.29, 1.82) is 0 Å². The number of benzene rings is 2. The summed E-state index contributed by atoms with van der Waals surface area (Å²) in [5.74, 6) is 2.20. The average Bonchev–Trinajstić information content (AvgIpc) is 3.40. The van der Waals surface area contributed by atoms with Gasteiger partial charge >= 0.3 is 0 Å². The number of aryl methyl sites for hydroxylation is 2. The normalized spacial score (nSPS) is 12.8. The van der Waals surface area contributed by atoms with E-state index in [-0.39, 0.29) is 5.56 Å². The van der Waals surface area contributed by atoms with Crippen molar-refractivity contribution in [3.8, 4) is 17.2 Å². The Morgan fingerprint density at radius 3 is 2.55 bits per heavy atom. The molecule has 5 nitrogen and oxygen atoms in total. The Morgan fingerprint density at radius 2 is 1.79 bits per heavy atom. The summed E-state index contributed by atoms with van der Waals surface area (Å²) in [7, 11) is 0. The maximum absolute atomic E-state index is 13.7. The lowest BCUT2D eigenvalue weighted by molar-refractivity contribution is 0.340. The standard InChI is InChI=1S/C25H23ClN2O3S2/c1-2-30-18-12-8-17(9-13-18)28-24(29)22-20-4-3-5-21(20)33-23(22)27-25(28)32-15-14-31-19-10-6-16(26)7-11-19/h6-13H,2-5,14-15H2,1H3. The molecule has 2 aromatic heterocycles. The molecule has 5 rings (SSSR count). The molecule has 33 heavy (non-hydrogen) atoms. The second-order valence-electron chi connectivity index (χ2n) is 7.65. The zero-order valence-electron chi connectivity index (χ0n) is 18.2. The average molecular weight is 499 g/mol. The zero-order valence-corrected chi connectivity index (χ0v) is 20.6. The fourth-order valence-electron chi connectivity index (χ4n) is 4.03. The van der Waals surface area contributed by atoms with Crippen LogP contribution in [-0.4, -0.2) is 28.5 Å². The van der Waals surface area contributed by atoms with E-state index >= 15 is 0 Å². The van der Waals surface area contributed by atoms with Gasteiger partial charge in [-0.3, -0.25) is 9.36 Å². The van der Waals surface area contributed by atoms with Crippen LogP contribution in [0.5, 0.6) is 11.5 Å². The quantitative estimate of drug-likeness (QED) is 0.165. The van der Waals surface area contributed by atoms with Gasteiger partial charge in [0.2, 0.25) is 0 Å². The molecule has 0 aliphatic heterocycles. The highest BCUT2D eigenvalue weighted by atomic mass is 35.5. The van der Waals surface area contributed by atoms with Crippen molar-refractivity contribution in [2.24, 2.45) is 0 Å². The molecule has 4 aromatic rings. The van der Waals surface area contributed by atoms with Crippen LogP contribution in [0, 0.1) is 0 Å². The Bertz CT molecular complexity index is 1330. The molecule has 0 atom stereocenters. The van der Waals surface area contributed by atoms with Gasteiger partial charge in [0.1, 0.15) is 16.3 Å². The first kappa shape index (κ1) is 22.3. The molecular weight excluding hydrogens is 476 g/mol. The topological polar surface area (TPSA) is 53.4 Å². The van der Waals surface area contributed by atoms with Crippen LogP contribution < -0.4 is 15.0 Å². The molecule has 0 amide bonds. The lowest BCUT2D eigenvalue weighted by Crippen LogP contribution is -2.22. The van der Waals surface area contributed by atoms with Crippen molar-refractivity contribution in [1.82, 2.24) is 9.55 Å². The van der Waals surface area contributed by atoms with E-state index in [1.54, 1.807) is 28.0 Å². The molecule has 2 heterocycles. The molecule has 1 aliphatic carbocycles. The maximum atomic E-state index is 13.7. The van der Waals surface area contributed by atoms with E-state index in [0.29, 0.717) is 29.1 Å². The van der Waals surface area contributed by atoms with Crippen molar-refractivity contribution in [3.05, 3.63) is 74.3 Å². The van der Waals surface area contributed by atoms with Crippen LogP contribution in [-0.2, 0) is 12.8 Å². The number of hydrogen-bond acceptors (Lipinski definition) is 6. The lowest BCUT2D eigenvalue weighted by Gasteiger charge is -2.13. The first-order valence-electron chi connectivity index (χ1n) is 11.0. The van der Waals surface area contributed by atoms with Gasteiger partial charge in [-0.15, -0.1) is 11.3 Å². The van der Waals surface area contributed by atoms with Crippen LogP contribution in [0.1, 0.15) is 23.8 Å². The van der Waals surface area contributed by atoms with E-state index < -0.39 is 0 Å². The van der Waals surface area contributed by atoms with Crippen LogP contribution in [0.2, 0.25) is 5.02 Å². The molecule has 1 aliphatic rings. The van der Waals surface area contributed by atoms with Gasteiger partial charge in [-0.1, -0.05) is 23.4 Å². The predicted octanol–water partition coefficient (Wildman–Crippen LogP) is 6.16. The molecule has 0 saturated heterocycles. The molecule has 2 aromatic carbocycles. The summed E-state index contributed by atoms with van der Waals surface area (Å²) in [4.78, 5) is 20.8. The number of ether oxygens (including phenoxy) is 2. The number of halogens is 1. The fourth-order valence-corrected chi connectivity index (χ4v) is 6.29. The van der Waals surface area contributed by atoms with E-state index in [9.17, 15) is 4.79 Å². The third-order valence-corrected chi connectivity index (χ3v) is 7.85. The van der Waals surface area contributed by atoms with Gasteiger partial charge in [0.05, 0.1) is 24.3 Å². The number of rotatable bonds is 8. The minimum atomic E-state index is 0.00433. The Balaban J connectivity index is 1.46. The van der Waals surface area contributed by atoms with E-state index in [2.05, 4.69) is 0 Å². The molecule has 170 valence electrons. The molecule has 0 bridgehead atoms. The highest BCUT2D eigenvalue weighted by Crippen LogP contribution is 2.36. The monoisotopic (exact) mass is 498 g/mol. The van der Waals surface area contributed by atoms with Gasteiger partial charge in [-0.2, -0.15) is 0 Å². The predicted molar refractivity (Wildman–Crippen MR) is 136 cm³/mol. The van der Waals surface area contributed by atoms with Crippen molar-refractivity contribution in [2.45, 2.75) is 31.3 Å². The molecule has 0 fully saturated rings. The zero-order chi connectivity index (χ0) is 22.8. The number of nitrogens with zero attached hydrogens (tertiary/aromatic N) is 2. The highest BCUT2D eigenvalue weighted by molar-refractivity contribution is 7.99. The van der Waals surface area contributed by atoms with Gasteiger partial charge in [-0.25, -0.2) is 4.98 Å². The minimum absolute atomic E-state index is 0.00433. The number of aromatic nitrogens is 2. The summed E-state index contributed by atoms with van der Waals surface area (Å²) < 4.78 is 13.1. The second kappa shape index (κ2) is 9.79. The third kappa shape index (κ3) is 4.63. The smallest absolute Gasteiger partial charge is 0.267 e. The molecule has 0 spiro atoms. The molecule has 0 unspecified atom stereocenters. The van der Waals surface area contributed by atoms with Gasteiger partial charge < -0.3 is 9.47 Å². The molecule has 0 radical (unpaired) electrons. The summed E-state index contributed by atoms with van der Waals surface area (Å²) in [5, 5.41) is 2.14. The SMILES string of the molecule is CCOc1ccc(-n2c(SCCOc3ccc(Cl)cc3)nc3sc4c(c3c2=O)CCC4)cc1. The van der Waals surface area contributed by atoms with Gasteiger partial charge in [-0.05, 0) is 80.3 Å². The van der Waals surface area contributed by atoms with Gasteiger partial charge in [0.25, 0.3) is 5.56 Å².